The second-order valence-electron chi connectivity index (χ2n) is 6.00. The van der Waals surface area contributed by atoms with Crippen molar-refractivity contribution in [1.82, 2.24) is 15.5 Å². The van der Waals surface area contributed by atoms with Crippen molar-refractivity contribution >= 4 is 17.7 Å². The second kappa shape index (κ2) is 9.42. The molecular weight excluding hydrogens is 350 g/mol. The Kier molecular flexibility index (Phi) is 6.99. The van der Waals surface area contributed by atoms with Crippen molar-refractivity contribution in [3.63, 3.8) is 0 Å². The van der Waals surface area contributed by atoms with E-state index in [9.17, 15) is 14.4 Å². The van der Waals surface area contributed by atoms with E-state index in [0.717, 1.165) is 11.1 Å². The van der Waals surface area contributed by atoms with Crippen LogP contribution in [0.2, 0.25) is 0 Å². The van der Waals surface area contributed by atoms with Gasteiger partial charge < -0.3 is 24.7 Å². The molecule has 0 unspecified atom stereocenters. The van der Waals surface area contributed by atoms with Crippen LogP contribution in [0.4, 0.5) is 0 Å². The van der Waals surface area contributed by atoms with E-state index in [0.29, 0.717) is 12.3 Å². The summed E-state index contributed by atoms with van der Waals surface area (Å²) in [4.78, 5) is 37.2. The standard InChI is InChI=1S/C19H23N3O5/c1-13-6-7-15(26-3)14(9-13)12-22(2)18(24)11-20-17(23)10-21-19(25)16-5-4-8-27-16/h4-9H,10-12H2,1-3H3,(H,20,23)(H,21,25). The zero-order valence-corrected chi connectivity index (χ0v) is 15.6. The molecule has 0 aliphatic heterocycles. The number of aryl methyl sites for hydroxylation is 1. The van der Waals surface area contributed by atoms with Crippen LogP contribution in [-0.4, -0.2) is 49.9 Å². The Bertz CT molecular complexity index is 802. The second-order valence-corrected chi connectivity index (χ2v) is 6.00. The number of amides is 3. The highest BCUT2D eigenvalue weighted by Crippen LogP contribution is 2.20. The third-order valence-corrected chi connectivity index (χ3v) is 3.86. The van der Waals surface area contributed by atoms with E-state index in [1.165, 1.54) is 17.2 Å². The van der Waals surface area contributed by atoms with Gasteiger partial charge in [0.15, 0.2) is 5.76 Å². The molecule has 2 N–H and O–H groups in total. The highest BCUT2D eigenvalue weighted by atomic mass is 16.5. The first-order chi connectivity index (χ1) is 12.9. The van der Waals surface area contributed by atoms with Crippen LogP contribution in [0.1, 0.15) is 21.7 Å². The van der Waals surface area contributed by atoms with Crippen LogP contribution in [0.5, 0.6) is 5.75 Å². The van der Waals surface area contributed by atoms with Crippen LogP contribution in [0.15, 0.2) is 41.0 Å². The van der Waals surface area contributed by atoms with Crippen molar-refractivity contribution in [3.8, 4) is 5.75 Å². The molecule has 0 aliphatic carbocycles. The van der Waals surface area contributed by atoms with Gasteiger partial charge in [-0.2, -0.15) is 0 Å². The highest BCUT2D eigenvalue weighted by Gasteiger charge is 2.14. The molecular formula is C19H23N3O5. The summed E-state index contributed by atoms with van der Waals surface area (Å²) in [5.74, 6) is -0.408. The molecule has 8 nitrogen and oxygen atoms in total. The van der Waals surface area contributed by atoms with Crippen molar-refractivity contribution in [2.24, 2.45) is 0 Å². The van der Waals surface area contributed by atoms with Gasteiger partial charge in [-0.1, -0.05) is 17.7 Å². The third-order valence-electron chi connectivity index (χ3n) is 3.86. The lowest BCUT2D eigenvalue weighted by Gasteiger charge is -2.19. The summed E-state index contributed by atoms with van der Waals surface area (Å²) in [5.41, 5.74) is 1.94. The van der Waals surface area contributed by atoms with E-state index in [1.807, 2.05) is 25.1 Å². The van der Waals surface area contributed by atoms with Crippen molar-refractivity contribution in [1.29, 1.82) is 0 Å². The molecule has 0 saturated carbocycles. The lowest BCUT2D eigenvalue weighted by molar-refractivity contribution is -0.132. The van der Waals surface area contributed by atoms with Crippen molar-refractivity contribution in [3.05, 3.63) is 53.5 Å². The first-order valence-electron chi connectivity index (χ1n) is 8.36. The average Bonchev–Trinajstić information content (AvgIpc) is 3.19. The van der Waals surface area contributed by atoms with Crippen molar-refractivity contribution in [2.45, 2.75) is 13.5 Å². The van der Waals surface area contributed by atoms with Crippen LogP contribution in [-0.2, 0) is 16.1 Å². The minimum Gasteiger partial charge on any atom is -0.496 e. The van der Waals surface area contributed by atoms with Gasteiger partial charge >= 0.3 is 0 Å². The fourth-order valence-corrected chi connectivity index (χ4v) is 2.40. The zero-order valence-electron chi connectivity index (χ0n) is 15.6. The molecule has 0 spiro atoms. The molecule has 1 heterocycles. The molecule has 0 bridgehead atoms. The number of hydrogen-bond acceptors (Lipinski definition) is 5. The maximum absolute atomic E-state index is 12.2. The molecule has 0 saturated heterocycles. The summed E-state index contributed by atoms with van der Waals surface area (Å²) in [7, 11) is 3.22. The van der Waals surface area contributed by atoms with Crippen LogP contribution < -0.4 is 15.4 Å². The zero-order chi connectivity index (χ0) is 19.8. The highest BCUT2D eigenvalue weighted by molar-refractivity contribution is 5.94. The monoisotopic (exact) mass is 373 g/mol. The third kappa shape index (κ3) is 5.88. The fourth-order valence-electron chi connectivity index (χ4n) is 2.40. The molecule has 0 atom stereocenters. The predicted octanol–water partition coefficient (Wildman–Crippen LogP) is 1.10. The predicted molar refractivity (Wildman–Crippen MR) is 98.3 cm³/mol. The fraction of sp³-hybridized carbons (Fsp3) is 0.316. The number of nitrogens with zero attached hydrogens (tertiary/aromatic N) is 1. The summed E-state index contributed by atoms with van der Waals surface area (Å²) in [6, 6.07) is 8.80. The van der Waals surface area contributed by atoms with Gasteiger partial charge in [0.1, 0.15) is 5.75 Å². The molecule has 3 amide bonds. The van der Waals surface area contributed by atoms with Gasteiger partial charge in [0.2, 0.25) is 11.8 Å². The van der Waals surface area contributed by atoms with Crippen LogP contribution in [0, 0.1) is 6.92 Å². The number of likely N-dealkylation sites (N-methyl/N-ethyl adjacent to an activating group) is 1. The molecule has 0 fully saturated rings. The number of nitrogens with one attached hydrogen (secondary N) is 2. The number of carbonyl (C=O) groups excluding carboxylic acids is 3. The van der Waals surface area contributed by atoms with Crippen LogP contribution in [0.3, 0.4) is 0 Å². The quantitative estimate of drug-likeness (QED) is 0.722. The number of rotatable bonds is 8. The smallest absolute Gasteiger partial charge is 0.287 e. The molecule has 144 valence electrons. The van der Waals surface area contributed by atoms with Crippen molar-refractivity contribution in [2.75, 3.05) is 27.2 Å². The largest absolute Gasteiger partial charge is 0.496 e. The summed E-state index contributed by atoms with van der Waals surface area (Å²) in [5, 5.41) is 4.90. The lowest BCUT2D eigenvalue weighted by atomic mass is 10.1. The number of carbonyl (C=O) groups is 3. The molecule has 1 aromatic carbocycles. The van der Waals surface area contributed by atoms with Gasteiger partial charge in [-0.25, -0.2) is 0 Å². The number of methoxy groups -OCH3 is 1. The van der Waals surface area contributed by atoms with E-state index < -0.39 is 11.8 Å². The molecule has 2 aromatic rings. The summed E-state index contributed by atoms with van der Waals surface area (Å²) in [6.07, 6.45) is 1.37. The normalized spacial score (nSPS) is 10.2. The van der Waals surface area contributed by atoms with Gasteiger partial charge in [0.25, 0.3) is 5.91 Å². The Morgan fingerprint density at radius 3 is 2.59 bits per heavy atom. The van der Waals surface area contributed by atoms with E-state index in [-0.39, 0.29) is 24.8 Å². The Labute approximate surface area is 157 Å². The minimum atomic E-state index is -0.495. The van der Waals surface area contributed by atoms with E-state index in [4.69, 9.17) is 9.15 Å². The van der Waals surface area contributed by atoms with Gasteiger partial charge in [0.05, 0.1) is 26.5 Å². The van der Waals surface area contributed by atoms with Gasteiger partial charge in [0, 0.05) is 19.2 Å². The topological polar surface area (TPSA) is 101 Å². The van der Waals surface area contributed by atoms with Crippen molar-refractivity contribution < 1.29 is 23.5 Å². The Balaban J connectivity index is 1.78. The Morgan fingerprint density at radius 2 is 1.93 bits per heavy atom. The molecule has 2 rings (SSSR count). The number of benzene rings is 1. The maximum Gasteiger partial charge on any atom is 0.287 e. The van der Waals surface area contributed by atoms with Gasteiger partial charge in [-0.3, -0.25) is 14.4 Å². The average molecular weight is 373 g/mol. The Hall–Kier alpha value is -3.29. The van der Waals surface area contributed by atoms with E-state index in [2.05, 4.69) is 10.6 Å². The molecule has 1 aromatic heterocycles. The SMILES string of the molecule is COc1ccc(C)cc1CN(C)C(=O)CNC(=O)CNC(=O)c1ccco1. The van der Waals surface area contributed by atoms with Gasteiger partial charge in [-0.05, 0) is 25.1 Å². The summed E-state index contributed by atoms with van der Waals surface area (Å²) < 4.78 is 10.2. The molecule has 0 aliphatic rings. The van der Waals surface area contributed by atoms with Crippen LogP contribution in [0.25, 0.3) is 0 Å². The lowest BCUT2D eigenvalue weighted by Crippen LogP contribution is -2.42. The first-order valence-corrected chi connectivity index (χ1v) is 8.36. The minimum absolute atomic E-state index is 0.116. The number of furan rings is 1. The van der Waals surface area contributed by atoms with E-state index >= 15 is 0 Å². The van der Waals surface area contributed by atoms with Gasteiger partial charge in [-0.15, -0.1) is 0 Å². The van der Waals surface area contributed by atoms with Crippen LogP contribution >= 0.6 is 0 Å². The summed E-state index contributed by atoms with van der Waals surface area (Å²) >= 11 is 0. The first kappa shape index (κ1) is 20.0. The van der Waals surface area contributed by atoms with E-state index in [1.54, 1.807) is 20.2 Å². The number of ether oxygens (including phenoxy) is 1. The Morgan fingerprint density at radius 1 is 1.15 bits per heavy atom. The summed E-state index contributed by atoms with van der Waals surface area (Å²) in [6.45, 7) is 1.90. The maximum atomic E-state index is 12.2. The molecule has 27 heavy (non-hydrogen) atoms. The molecule has 8 heteroatoms. The number of hydrogen-bond donors (Lipinski definition) is 2. The molecule has 0 radical (unpaired) electrons.